The second-order valence-corrected chi connectivity index (χ2v) is 7.04. The van der Waals surface area contributed by atoms with Crippen LogP contribution in [-0.2, 0) is 11.9 Å². The van der Waals surface area contributed by atoms with Crippen molar-refractivity contribution in [3.05, 3.63) is 64.9 Å². The third kappa shape index (κ3) is 4.07. The van der Waals surface area contributed by atoms with Crippen LogP contribution in [0.3, 0.4) is 0 Å². The van der Waals surface area contributed by atoms with Crippen LogP contribution in [0.25, 0.3) is 11.4 Å². The minimum absolute atomic E-state index is 0.0351. The van der Waals surface area contributed by atoms with Crippen molar-refractivity contribution in [1.29, 1.82) is 0 Å². The Labute approximate surface area is 170 Å². The van der Waals surface area contributed by atoms with Crippen molar-refractivity contribution in [3.8, 4) is 11.4 Å². The Kier molecular flexibility index (Phi) is 5.20. The minimum Gasteiger partial charge on any atom is -0.196 e. The molecule has 0 atom stereocenters. The van der Waals surface area contributed by atoms with Crippen LogP contribution >= 0.6 is 23.4 Å². The molecule has 8 nitrogen and oxygen atoms in total. The van der Waals surface area contributed by atoms with Crippen LogP contribution < -0.4 is 0 Å². The summed E-state index contributed by atoms with van der Waals surface area (Å²) in [5, 5.41) is 23.0. The van der Waals surface area contributed by atoms with Gasteiger partial charge in [-0.15, -0.1) is 10.2 Å². The number of tetrazole rings is 2. The average molecular weight is 439 g/mol. The smallest absolute Gasteiger partial charge is 0.196 e. The molecule has 0 amide bonds. The Morgan fingerprint density at radius 3 is 2.41 bits per heavy atom. The van der Waals surface area contributed by atoms with E-state index < -0.39 is 11.7 Å². The van der Waals surface area contributed by atoms with Gasteiger partial charge in [-0.25, -0.2) is 0 Å². The number of thioether (sulfide) groups is 1. The number of hydrogen-bond acceptors (Lipinski definition) is 7. The van der Waals surface area contributed by atoms with Gasteiger partial charge in [0.2, 0.25) is 5.16 Å². The molecule has 0 unspecified atom stereocenters. The van der Waals surface area contributed by atoms with Crippen LogP contribution in [0.1, 0.15) is 11.4 Å². The van der Waals surface area contributed by atoms with Gasteiger partial charge in [0.05, 0.1) is 22.7 Å². The number of alkyl halides is 3. The second kappa shape index (κ2) is 7.79. The molecule has 4 aromatic rings. The quantitative estimate of drug-likeness (QED) is 0.440. The van der Waals surface area contributed by atoms with Gasteiger partial charge in [-0.2, -0.15) is 22.5 Å². The fraction of sp³-hybridized carbons (Fsp3) is 0.125. The van der Waals surface area contributed by atoms with E-state index in [2.05, 4.69) is 31.1 Å². The highest BCUT2D eigenvalue weighted by Crippen LogP contribution is 2.36. The monoisotopic (exact) mass is 438 g/mol. The molecule has 2 aromatic carbocycles. The molecule has 0 bridgehead atoms. The Morgan fingerprint density at radius 1 is 0.931 bits per heavy atom. The summed E-state index contributed by atoms with van der Waals surface area (Å²) in [4.78, 5) is 0. The molecule has 29 heavy (non-hydrogen) atoms. The Balaban J connectivity index is 1.63. The summed E-state index contributed by atoms with van der Waals surface area (Å²) < 4.78 is 42.8. The third-order valence-electron chi connectivity index (χ3n) is 3.80. The van der Waals surface area contributed by atoms with Crippen LogP contribution in [0.15, 0.2) is 53.7 Å². The van der Waals surface area contributed by atoms with Crippen LogP contribution in [0.5, 0.6) is 0 Å². The van der Waals surface area contributed by atoms with E-state index in [9.17, 15) is 13.2 Å². The average Bonchev–Trinajstić information content (AvgIpc) is 3.35. The number of rotatable bonds is 5. The lowest BCUT2D eigenvalue weighted by atomic mass is 10.1. The first-order valence-corrected chi connectivity index (χ1v) is 9.41. The van der Waals surface area contributed by atoms with Crippen molar-refractivity contribution in [2.45, 2.75) is 17.1 Å². The molecule has 0 saturated heterocycles. The molecule has 13 heteroatoms. The van der Waals surface area contributed by atoms with Gasteiger partial charge < -0.3 is 0 Å². The van der Waals surface area contributed by atoms with Gasteiger partial charge in [0.1, 0.15) is 0 Å². The summed E-state index contributed by atoms with van der Waals surface area (Å²) in [7, 11) is 0. The first kappa shape index (κ1) is 19.3. The van der Waals surface area contributed by atoms with E-state index in [-0.39, 0.29) is 22.3 Å². The molecule has 0 N–H and O–H groups in total. The molecule has 0 saturated carbocycles. The van der Waals surface area contributed by atoms with E-state index in [1.54, 1.807) is 0 Å². The Hall–Kier alpha value is -2.99. The van der Waals surface area contributed by atoms with Crippen molar-refractivity contribution in [1.82, 2.24) is 40.4 Å². The molecule has 0 aliphatic carbocycles. The van der Waals surface area contributed by atoms with E-state index in [4.69, 9.17) is 11.6 Å². The molecule has 2 heterocycles. The summed E-state index contributed by atoms with van der Waals surface area (Å²) in [6, 6.07) is 12.6. The molecule has 148 valence electrons. The first-order valence-electron chi connectivity index (χ1n) is 8.04. The molecular weight excluding hydrogens is 429 g/mol. The molecule has 0 fully saturated rings. The number of aromatic nitrogens is 8. The highest BCUT2D eigenvalue weighted by atomic mass is 35.5. The standard InChI is InChI=1S/C16H10ClF3N8S/c17-10-6-7-13(12(8-10)16(18,19)20)28-14(21-23-26-28)9-29-15-22-24-25-27(15)11-4-2-1-3-5-11/h1-8H,9H2. The fourth-order valence-electron chi connectivity index (χ4n) is 2.53. The van der Waals surface area contributed by atoms with Crippen molar-refractivity contribution in [3.63, 3.8) is 0 Å². The lowest BCUT2D eigenvalue weighted by Crippen LogP contribution is -2.13. The van der Waals surface area contributed by atoms with E-state index in [0.717, 1.165) is 16.4 Å². The van der Waals surface area contributed by atoms with E-state index >= 15 is 0 Å². The topological polar surface area (TPSA) is 87.2 Å². The normalized spacial score (nSPS) is 11.7. The van der Waals surface area contributed by atoms with E-state index in [0.29, 0.717) is 5.16 Å². The molecule has 2 aromatic heterocycles. The highest BCUT2D eigenvalue weighted by molar-refractivity contribution is 7.98. The van der Waals surface area contributed by atoms with Gasteiger partial charge in [-0.3, -0.25) is 0 Å². The first-order chi connectivity index (χ1) is 13.9. The lowest BCUT2D eigenvalue weighted by molar-refractivity contribution is -0.137. The van der Waals surface area contributed by atoms with Gasteiger partial charge in [0.15, 0.2) is 5.82 Å². The van der Waals surface area contributed by atoms with Crippen molar-refractivity contribution >= 4 is 23.4 Å². The van der Waals surface area contributed by atoms with Gasteiger partial charge >= 0.3 is 6.18 Å². The van der Waals surface area contributed by atoms with Gasteiger partial charge in [0, 0.05) is 5.02 Å². The van der Waals surface area contributed by atoms with Crippen LogP contribution in [0.4, 0.5) is 13.2 Å². The molecule has 4 rings (SSSR count). The molecule has 0 radical (unpaired) electrons. The third-order valence-corrected chi connectivity index (χ3v) is 4.95. The van der Waals surface area contributed by atoms with E-state index in [1.165, 1.54) is 28.6 Å². The maximum atomic E-state index is 13.4. The summed E-state index contributed by atoms with van der Waals surface area (Å²) in [6.07, 6.45) is -4.62. The lowest BCUT2D eigenvalue weighted by Gasteiger charge is -2.13. The van der Waals surface area contributed by atoms with Crippen molar-refractivity contribution in [2.24, 2.45) is 0 Å². The van der Waals surface area contributed by atoms with Gasteiger partial charge in [0.25, 0.3) is 0 Å². The molecule has 0 spiro atoms. The maximum absolute atomic E-state index is 13.4. The predicted octanol–water partition coefficient (Wildman–Crippen LogP) is 3.60. The van der Waals surface area contributed by atoms with E-state index in [1.807, 2.05) is 30.3 Å². The second-order valence-electron chi connectivity index (χ2n) is 5.66. The summed E-state index contributed by atoms with van der Waals surface area (Å²) in [5.41, 5.74) is -0.403. The van der Waals surface area contributed by atoms with Crippen LogP contribution in [0, 0.1) is 0 Å². The molecule has 0 aliphatic rings. The highest BCUT2D eigenvalue weighted by Gasteiger charge is 2.35. The summed E-state index contributed by atoms with van der Waals surface area (Å²) in [5.74, 6) is 0.338. The largest absolute Gasteiger partial charge is 0.418 e. The fourth-order valence-corrected chi connectivity index (χ4v) is 3.50. The van der Waals surface area contributed by atoms with Crippen LogP contribution in [0.2, 0.25) is 5.02 Å². The number of nitrogens with zero attached hydrogens (tertiary/aromatic N) is 8. The molecular formula is C16H10ClF3N8S. The van der Waals surface area contributed by atoms with Crippen molar-refractivity contribution < 1.29 is 13.2 Å². The molecule has 0 aliphatic heterocycles. The maximum Gasteiger partial charge on any atom is 0.418 e. The van der Waals surface area contributed by atoms with Crippen molar-refractivity contribution in [2.75, 3.05) is 0 Å². The SMILES string of the molecule is FC(F)(F)c1cc(Cl)ccc1-n1nnnc1CSc1nnnn1-c1ccccc1. The zero-order valence-electron chi connectivity index (χ0n) is 14.3. The summed E-state index contributed by atoms with van der Waals surface area (Å²) >= 11 is 6.93. The van der Waals surface area contributed by atoms with Gasteiger partial charge in [-0.05, 0) is 51.2 Å². The number of para-hydroxylation sites is 1. The zero-order valence-corrected chi connectivity index (χ0v) is 15.9. The summed E-state index contributed by atoms with van der Waals surface area (Å²) in [6.45, 7) is 0. The number of halogens is 4. The van der Waals surface area contributed by atoms with Crippen LogP contribution in [-0.4, -0.2) is 40.4 Å². The minimum atomic E-state index is -4.62. The Bertz CT molecular complexity index is 1130. The number of benzene rings is 2. The number of hydrogen-bond donors (Lipinski definition) is 0. The van der Waals surface area contributed by atoms with Gasteiger partial charge in [-0.1, -0.05) is 41.6 Å². The zero-order chi connectivity index (χ0) is 20.4. The Morgan fingerprint density at radius 2 is 1.66 bits per heavy atom. The predicted molar refractivity (Wildman–Crippen MR) is 97.9 cm³/mol.